The maximum atomic E-state index is 12.0. The van der Waals surface area contributed by atoms with Crippen LogP contribution in [0.25, 0.3) is 0 Å². The van der Waals surface area contributed by atoms with Gasteiger partial charge in [0.15, 0.2) is 0 Å². The Morgan fingerprint density at radius 2 is 1.94 bits per heavy atom. The number of carbonyl (C=O) groups excluding carboxylic acids is 1. The first-order chi connectivity index (χ1) is 8.06. The minimum Gasteiger partial charge on any atom is -0.480 e. The number of hydrogen-bond donors (Lipinski definition) is 2. The second-order valence-electron chi connectivity index (χ2n) is 5.32. The molecule has 0 spiro atoms. The van der Waals surface area contributed by atoms with E-state index in [-0.39, 0.29) is 18.5 Å². The van der Waals surface area contributed by atoms with Gasteiger partial charge in [-0.15, -0.1) is 0 Å². The van der Waals surface area contributed by atoms with Gasteiger partial charge in [0.05, 0.1) is 0 Å². The van der Waals surface area contributed by atoms with Crippen molar-refractivity contribution in [2.24, 2.45) is 17.6 Å². The van der Waals surface area contributed by atoms with Crippen LogP contribution in [0.4, 0.5) is 0 Å². The highest BCUT2D eigenvalue weighted by Gasteiger charge is 2.33. The van der Waals surface area contributed by atoms with Crippen molar-refractivity contribution < 1.29 is 14.7 Å². The number of carboxylic acid groups (broad SMARTS) is 1. The summed E-state index contributed by atoms with van der Waals surface area (Å²) in [5.41, 5.74) is 5.90. The van der Waals surface area contributed by atoms with Gasteiger partial charge in [-0.2, -0.15) is 0 Å². The molecule has 96 valence electrons. The second kappa shape index (κ2) is 5.04. The van der Waals surface area contributed by atoms with Crippen molar-refractivity contribution >= 4 is 11.9 Å². The number of carboxylic acids is 1. The largest absolute Gasteiger partial charge is 0.480 e. The molecule has 1 amide bonds. The van der Waals surface area contributed by atoms with E-state index >= 15 is 0 Å². The molecular formula is C12H20N2O3. The van der Waals surface area contributed by atoms with E-state index in [1.54, 1.807) is 0 Å². The number of hydrogen-bond acceptors (Lipinski definition) is 3. The molecule has 2 fully saturated rings. The van der Waals surface area contributed by atoms with Crippen molar-refractivity contribution in [2.75, 3.05) is 13.1 Å². The lowest BCUT2D eigenvalue weighted by molar-refractivity contribution is -0.144. The van der Waals surface area contributed by atoms with Crippen LogP contribution in [0.3, 0.4) is 0 Å². The summed E-state index contributed by atoms with van der Waals surface area (Å²) in [4.78, 5) is 24.2. The zero-order valence-corrected chi connectivity index (χ0v) is 9.97. The van der Waals surface area contributed by atoms with Crippen molar-refractivity contribution in [1.29, 1.82) is 0 Å². The Balaban J connectivity index is 1.83. The number of amides is 1. The summed E-state index contributed by atoms with van der Waals surface area (Å²) >= 11 is 0. The molecule has 3 N–H and O–H groups in total. The predicted molar refractivity (Wildman–Crippen MR) is 62.3 cm³/mol. The molecule has 17 heavy (non-hydrogen) atoms. The first-order valence-electron chi connectivity index (χ1n) is 6.31. The molecule has 2 aliphatic carbocycles. The number of carbonyl (C=O) groups is 2. The Bertz CT molecular complexity index is 311. The minimum absolute atomic E-state index is 0.0852. The molecule has 0 heterocycles. The van der Waals surface area contributed by atoms with Crippen LogP contribution in [-0.2, 0) is 9.59 Å². The number of aliphatic carboxylic acids is 1. The summed E-state index contributed by atoms with van der Waals surface area (Å²) < 4.78 is 0. The van der Waals surface area contributed by atoms with E-state index in [4.69, 9.17) is 10.8 Å². The van der Waals surface area contributed by atoms with Crippen molar-refractivity contribution in [3.63, 3.8) is 0 Å². The number of rotatable bonds is 7. The van der Waals surface area contributed by atoms with Crippen LogP contribution in [-0.4, -0.2) is 41.0 Å². The molecule has 0 aliphatic heterocycles. The van der Waals surface area contributed by atoms with Gasteiger partial charge >= 0.3 is 5.97 Å². The molecule has 5 nitrogen and oxygen atoms in total. The molecule has 2 rings (SSSR count). The molecule has 0 aromatic carbocycles. The Morgan fingerprint density at radius 3 is 2.41 bits per heavy atom. The van der Waals surface area contributed by atoms with Gasteiger partial charge < -0.3 is 15.7 Å². The standard InChI is InChI=1S/C12H20N2O3/c13-10(9-3-4-9)5-11(15)14(7-12(16)17)6-8-1-2-8/h8-10H,1-7,13H2,(H,16,17). The molecular weight excluding hydrogens is 220 g/mol. The van der Waals surface area contributed by atoms with Crippen LogP contribution in [0.15, 0.2) is 0 Å². The fourth-order valence-corrected chi connectivity index (χ4v) is 2.05. The first-order valence-corrected chi connectivity index (χ1v) is 6.31. The third kappa shape index (κ3) is 4.00. The summed E-state index contributed by atoms with van der Waals surface area (Å²) in [6.45, 7) is 0.398. The Kier molecular flexibility index (Phi) is 3.66. The smallest absolute Gasteiger partial charge is 0.323 e. The Labute approximate surface area is 101 Å². The highest BCUT2D eigenvalue weighted by Crippen LogP contribution is 2.33. The van der Waals surface area contributed by atoms with Gasteiger partial charge in [-0.1, -0.05) is 0 Å². The van der Waals surface area contributed by atoms with Crippen LogP contribution in [0.5, 0.6) is 0 Å². The van der Waals surface area contributed by atoms with Crippen molar-refractivity contribution in [3.8, 4) is 0 Å². The maximum absolute atomic E-state index is 12.0. The lowest BCUT2D eigenvalue weighted by Crippen LogP contribution is -2.40. The predicted octanol–water partition coefficient (Wildman–Crippen LogP) is 0.437. The second-order valence-corrected chi connectivity index (χ2v) is 5.32. The van der Waals surface area contributed by atoms with E-state index in [0.29, 0.717) is 24.8 Å². The van der Waals surface area contributed by atoms with Gasteiger partial charge in [-0.3, -0.25) is 9.59 Å². The third-order valence-corrected chi connectivity index (χ3v) is 3.49. The summed E-state index contributed by atoms with van der Waals surface area (Å²) in [6, 6.07) is -0.0852. The van der Waals surface area contributed by atoms with Crippen LogP contribution >= 0.6 is 0 Å². The first kappa shape index (κ1) is 12.4. The van der Waals surface area contributed by atoms with Gasteiger partial charge in [0.1, 0.15) is 6.54 Å². The van der Waals surface area contributed by atoms with Crippen LogP contribution in [0.2, 0.25) is 0 Å². The van der Waals surface area contributed by atoms with Crippen molar-refractivity contribution in [2.45, 2.75) is 38.1 Å². The third-order valence-electron chi connectivity index (χ3n) is 3.49. The van der Waals surface area contributed by atoms with Gasteiger partial charge in [-0.05, 0) is 37.5 Å². The van der Waals surface area contributed by atoms with E-state index < -0.39 is 5.97 Å². The topological polar surface area (TPSA) is 83.6 Å². The molecule has 2 aliphatic rings. The highest BCUT2D eigenvalue weighted by molar-refractivity contribution is 5.81. The highest BCUT2D eigenvalue weighted by atomic mass is 16.4. The quantitative estimate of drug-likeness (QED) is 0.676. The molecule has 0 radical (unpaired) electrons. The molecule has 1 atom stereocenters. The van der Waals surface area contributed by atoms with Crippen LogP contribution in [0, 0.1) is 11.8 Å². The average Bonchev–Trinajstić information content (AvgIpc) is 3.10. The fraction of sp³-hybridized carbons (Fsp3) is 0.833. The van der Waals surface area contributed by atoms with E-state index in [1.807, 2.05) is 0 Å². The van der Waals surface area contributed by atoms with Gasteiger partial charge in [0.2, 0.25) is 5.91 Å². The number of nitrogens with zero attached hydrogens (tertiary/aromatic N) is 1. The summed E-state index contributed by atoms with van der Waals surface area (Å²) in [5.74, 6) is -0.0558. The van der Waals surface area contributed by atoms with Crippen LogP contribution < -0.4 is 5.73 Å². The normalized spacial score (nSPS) is 21.0. The van der Waals surface area contributed by atoms with Crippen molar-refractivity contribution in [3.05, 3.63) is 0 Å². The Morgan fingerprint density at radius 1 is 1.29 bits per heavy atom. The molecule has 0 aromatic rings. The van der Waals surface area contributed by atoms with E-state index in [0.717, 1.165) is 25.7 Å². The minimum atomic E-state index is -0.945. The van der Waals surface area contributed by atoms with Crippen LogP contribution in [0.1, 0.15) is 32.1 Å². The molecule has 5 heteroatoms. The van der Waals surface area contributed by atoms with E-state index in [1.165, 1.54) is 4.90 Å². The molecule has 2 saturated carbocycles. The lowest BCUT2D eigenvalue weighted by Gasteiger charge is -2.22. The summed E-state index contributed by atoms with van der Waals surface area (Å²) in [7, 11) is 0. The van der Waals surface area contributed by atoms with Gasteiger partial charge in [-0.25, -0.2) is 0 Å². The van der Waals surface area contributed by atoms with Gasteiger partial charge in [0.25, 0.3) is 0 Å². The van der Waals surface area contributed by atoms with E-state index in [9.17, 15) is 9.59 Å². The zero-order chi connectivity index (χ0) is 12.4. The number of nitrogens with two attached hydrogens (primary N) is 1. The average molecular weight is 240 g/mol. The van der Waals surface area contributed by atoms with E-state index in [2.05, 4.69) is 0 Å². The SMILES string of the molecule is NC(CC(=O)N(CC(=O)O)CC1CC1)C1CC1. The molecule has 0 aromatic heterocycles. The fourth-order valence-electron chi connectivity index (χ4n) is 2.05. The molecule has 0 bridgehead atoms. The summed E-state index contributed by atoms with van der Waals surface area (Å²) in [5, 5.41) is 8.80. The molecule has 0 saturated heterocycles. The zero-order valence-electron chi connectivity index (χ0n) is 9.97. The molecule has 1 unspecified atom stereocenters. The lowest BCUT2D eigenvalue weighted by atomic mass is 10.1. The maximum Gasteiger partial charge on any atom is 0.323 e. The van der Waals surface area contributed by atoms with Crippen molar-refractivity contribution in [1.82, 2.24) is 4.90 Å². The Hall–Kier alpha value is -1.10. The summed E-state index contributed by atoms with van der Waals surface area (Å²) in [6.07, 6.45) is 4.73. The van der Waals surface area contributed by atoms with Gasteiger partial charge in [0, 0.05) is 19.0 Å². The monoisotopic (exact) mass is 240 g/mol.